The zero-order valence-electron chi connectivity index (χ0n) is 11.3. The lowest BCUT2D eigenvalue weighted by molar-refractivity contribution is -0.122. The minimum atomic E-state index is 0.217. The summed E-state index contributed by atoms with van der Waals surface area (Å²) >= 11 is 0. The van der Waals surface area contributed by atoms with Gasteiger partial charge in [0.25, 0.3) is 0 Å². The van der Waals surface area contributed by atoms with Crippen molar-refractivity contribution >= 4 is 5.91 Å². The maximum Gasteiger partial charge on any atom is 0.220 e. The first-order valence-corrected chi connectivity index (χ1v) is 7.38. The molecule has 2 unspecified atom stereocenters. The van der Waals surface area contributed by atoms with E-state index in [0.29, 0.717) is 18.3 Å². The normalized spacial score (nSPS) is 24.1. The highest BCUT2D eigenvalue weighted by Crippen LogP contribution is 2.41. The van der Waals surface area contributed by atoms with Crippen LogP contribution in [0.1, 0.15) is 37.3 Å². The van der Waals surface area contributed by atoms with E-state index in [9.17, 15) is 4.79 Å². The maximum atomic E-state index is 12.2. The molecule has 1 aromatic rings. The van der Waals surface area contributed by atoms with Crippen molar-refractivity contribution in [1.29, 1.82) is 0 Å². The van der Waals surface area contributed by atoms with Crippen molar-refractivity contribution in [3.8, 4) is 0 Å². The second-order valence-corrected chi connectivity index (χ2v) is 5.86. The quantitative estimate of drug-likeness (QED) is 0.850. The molecule has 102 valence electrons. The molecule has 0 aromatic heterocycles. The van der Waals surface area contributed by atoms with Gasteiger partial charge in [-0.1, -0.05) is 30.3 Å². The Kier molecular flexibility index (Phi) is 3.83. The highest BCUT2D eigenvalue weighted by molar-refractivity contribution is 5.76. The van der Waals surface area contributed by atoms with Gasteiger partial charge in [0, 0.05) is 6.42 Å². The third-order valence-corrected chi connectivity index (χ3v) is 4.21. The van der Waals surface area contributed by atoms with Gasteiger partial charge >= 0.3 is 0 Å². The van der Waals surface area contributed by atoms with Crippen LogP contribution in [0.3, 0.4) is 0 Å². The Bertz CT molecular complexity index is 422. The summed E-state index contributed by atoms with van der Waals surface area (Å²) in [5, 5.41) is 6.57. The lowest BCUT2D eigenvalue weighted by Gasteiger charge is -2.20. The summed E-state index contributed by atoms with van der Waals surface area (Å²) in [4.78, 5) is 12.2. The SMILES string of the molecule is O=C(CC1CCNC1)NC(c1ccccc1)C1CC1. The van der Waals surface area contributed by atoms with Crippen molar-refractivity contribution in [2.24, 2.45) is 11.8 Å². The van der Waals surface area contributed by atoms with Gasteiger partial charge in [0.1, 0.15) is 0 Å². The van der Waals surface area contributed by atoms with Gasteiger partial charge in [-0.05, 0) is 49.8 Å². The molecule has 1 aliphatic heterocycles. The number of benzene rings is 1. The van der Waals surface area contributed by atoms with Crippen LogP contribution in [0.5, 0.6) is 0 Å². The van der Waals surface area contributed by atoms with E-state index in [2.05, 4.69) is 34.9 Å². The van der Waals surface area contributed by atoms with Gasteiger partial charge in [-0.2, -0.15) is 0 Å². The fourth-order valence-electron chi connectivity index (χ4n) is 2.95. The van der Waals surface area contributed by atoms with Crippen molar-refractivity contribution in [3.63, 3.8) is 0 Å². The predicted octanol–water partition coefficient (Wildman–Crippen LogP) is 2.25. The smallest absolute Gasteiger partial charge is 0.220 e. The van der Waals surface area contributed by atoms with Crippen LogP contribution >= 0.6 is 0 Å². The topological polar surface area (TPSA) is 41.1 Å². The average molecular weight is 258 g/mol. The summed E-state index contributed by atoms with van der Waals surface area (Å²) in [5.74, 6) is 1.39. The van der Waals surface area contributed by atoms with Crippen LogP contribution in [-0.2, 0) is 4.79 Å². The molecule has 3 heteroatoms. The van der Waals surface area contributed by atoms with E-state index >= 15 is 0 Å². The molecule has 3 nitrogen and oxygen atoms in total. The lowest BCUT2D eigenvalue weighted by Crippen LogP contribution is -2.31. The van der Waals surface area contributed by atoms with Gasteiger partial charge in [0.05, 0.1) is 6.04 Å². The van der Waals surface area contributed by atoms with E-state index in [4.69, 9.17) is 0 Å². The minimum Gasteiger partial charge on any atom is -0.349 e. The molecule has 1 saturated heterocycles. The monoisotopic (exact) mass is 258 g/mol. The van der Waals surface area contributed by atoms with Gasteiger partial charge in [-0.3, -0.25) is 4.79 Å². The minimum absolute atomic E-state index is 0.217. The van der Waals surface area contributed by atoms with Crippen LogP contribution in [-0.4, -0.2) is 19.0 Å². The summed E-state index contributed by atoms with van der Waals surface area (Å²) in [5.41, 5.74) is 1.25. The summed E-state index contributed by atoms with van der Waals surface area (Å²) in [6, 6.07) is 10.6. The van der Waals surface area contributed by atoms with Gasteiger partial charge in [-0.25, -0.2) is 0 Å². The van der Waals surface area contributed by atoms with E-state index in [1.165, 1.54) is 18.4 Å². The summed E-state index contributed by atoms with van der Waals surface area (Å²) in [6.45, 7) is 2.05. The van der Waals surface area contributed by atoms with Crippen LogP contribution in [0.25, 0.3) is 0 Å². The Morgan fingerprint density at radius 2 is 2.05 bits per heavy atom. The molecule has 1 aliphatic carbocycles. The molecule has 1 amide bonds. The molecule has 3 rings (SSSR count). The van der Waals surface area contributed by atoms with Crippen molar-refractivity contribution < 1.29 is 4.79 Å². The molecular weight excluding hydrogens is 236 g/mol. The second kappa shape index (κ2) is 5.74. The van der Waals surface area contributed by atoms with Crippen molar-refractivity contribution in [2.45, 2.75) is 31.7 Å². The Labute approximate surface area is 114 Å². The fourth-order valence-corrected chi connectivity index (χ4v) is 2.95. The van der Waals surface area contributed by atoms with Crippen molar-refractivity contribution in [1.82, 2.24) is 10.6 Å². The Balaban J connectivity index is 1.60. The molecule has 1 heterocycles. The first-order chi connectivity index (χ1) is 9.33. The summed E-state index contributed by atoms with van der Waals surface area (Å²) in [7, 11) is 0. The molecule has 2 fully saturated rings. The van der Waals surface area contributed by atoms with Gasteiger partial charge in [-0.15, -0.1) is 0 Å². The Hall–Kier alpha value is -1.35. The number of carbonyl (C=O) groups is 1. The summed E-state index contributed by atoms with van der Waals surface area (Å²) in [6.07, 6.45) is 4.28. The largest absolute Gasteiger partial charge is 0.349 e. The molecule has 2 atom stereocenters. The van der Waals surface area contributed by atoms with Crippen molar-refractivity contribution in [2.75, 3.05) is 13.1 Å². The second-order valence-electron chi connectivity index (χ2n) is 5.86. The molecule has 2 aliphatic rings. The molecule has 1 aromatic carbocycles. The highest BCUT2D eigenvalue weighted by atomic mass is 16.1. The molecular formula is C16H22N2O. The Morgan fingerprint density at radius 3 is 2.68 bits per heavy atom. The number of amides is 1. The lowest BCUT2D eigenvalue weighted by atomic mass is 10.0. The molecule has 0 spiro atoms. The first kappa shape index (κ1) is 12.7. The molecule has 2 N–H and O–H groups in total. The van der Waals surface area contributed by atoms with E-state index < -0.39 is 0 Å². The number of hydrogen-bond donors (Lipinski definition) is 2. The van der Waals surface area contributed by atoms with Crippen LogP contribution in [0, 0.1) is 11.8 Å². The molecule has 0 radical (unpaired) electrons. The van der Waals surface area contributed by atoms with Crippen LogP contribution in [0.15, 0.2) is 30.3 Å². The van der Waals surface area contributed by atoms with E-state index in [-0.39, 0.29) is 11.9 Å². The van der Waals surface area contributed by atoms with E-state index in [1.807, 2.05) is 6.07 Å². The summed E-state index contributed by atoms with van der Waals surface area (Å²) < 4.78 is 0. The number of carbonyl (C=O) groups excluding carboxylic acids is 1. The standard InChI is InChI=1S/C16H22N2O/c19-15(10-12-8-9-17-11-12)18-16(14-6-7-14)13-4-2-1-3-5-13/h1-5,12,14,16-17H,6-11H2,(H,18,19). The van der Waals surface area contributed by atoms with Gasteiger partial charge < -0.3 is 10.6 Å². The number of nitrogens with one attached hydrogen (secondary N) is 2. The van der Waals surface area contributed by atoms with Crippen LogP contribution in [0.4, 0.5) is 0 Å². The van der Waals surface area contributed by atoms with Crippen molar-refractivity contribution in [3.05, 3.63) is 35.9 Å². The average Bonchev–Trinajstić information content (AvgIpc) is 3.15. The predicted molar refractivity (Wildman–Crippen MR) is 75.6 cm³/mol. The maximum absolute atomic E-state index is 12.2. The van der Waals surface area contributed by atoms with E-state index in [1.54, 1.807) is 0 Å². The first-order valence-electron chi connectivity index (χ1n) is 7.38. The third kappa shape index (κ3) is 3.35. The van der Waals surface area contributed by atoms with Gasteiger partial charge in [0.15, 0.2) is 0 Å². The van der Waals surface area contributed by atoms with Crippen LogP contribution in [0.2, 0.25) is 0 Å². The molecule has 1 saturated carbocycles. The van der Waals surface area contributed by atoms with Gasteiger partial charge in [0.2, 0.25) is 5.91 Å². The molecule has 19 heavy (non-hydrogen) atoms. The van der Waals surface area contributed by atoms with E-state index in [0.717, 1.165) is 19.5 Å². The zero-order chi connectivity index (χ0) is 13.1. The third-order valence-electron chi connectivity index (χ3n) is 4.21. The molecule has 0 bridgehead atoms. The van der Waals surface area contributed by atoms with Crippen LogP contribution < -0.4 is 10.6 Å². The highest BCUT2D eigenvalue weighted by Gasteiger charge is 2.33. The Morgan fingerprint density at radius 1 is 1.26 bits per heavy atom. The number of hydrogen-bond acceptors (Lipinski definition) is 2. The zero-order valence-corrected chi connectivity index (χ0v) is 11.3. The fraction of sp³-hybridized carbons (Fsp3) is 0.562. The number of rotatable bonds is 5.